The van der Waals surface area contributed by atoms with Crippen molar-refractivity contribution >= 4 is 5.69 Å². The molecule has 19 heavy (non-hydrogen) atoms. The Bertz CT molecular complexity index is 473. The van der Waals surface area contributed by atoms with E-state index in [9.17, 15) is 4.39 Å². The zero-order valence-electron chi connectivity index (χ0n) is 11.6. The van der Waals surface area contributed by atoms with E-state index in [0.29, 0.717) is 11.6 Å². The lowest BCUT2D eigenvalue weighted by Crippen LogP contribution is -2.36. The Kier molecular flexibility index (Phi) is 4.39. The van der Waals surface area contributed by atoms with E-state index in [1.807, 2.05) is 24.1 Å². The van der Waals surface area contributed by atoms with Crippen LogP contribution < -0.4 is 4.90 Å². The van der Waals surface area contributed by atoms with Gasteiger partial charge in [-0.15, -0.1) is 0 Å². The van der Waals surface area contributed by atoms with Gasteiger partial charge in [-0.3, -0.25) is 0 Å². The lowest BCUT2D eigenvalue weighted by molar-refractivity contribution is 0.222. The second-order valence-corrected chi connectivity index (χ2v) is 5.37. The minimum Gasteiger partial charge on any atom is -0.373 e. The third-order valence-electron chi connectivity index (χ3n) is 3.88. The Labute approximate surface area is 114 Å². The van der Waals surface area contributed by atoms with Gasteiger partial charge in [0, 0.05) is 13.6 Å². The Morgan fingerprint density at radius 1 is 1.42 bits per heavy atom. The molecule has 1 aromatic carbocycles. The first-order chi connectivity index (χ1) is 9.11. The second kappa shape index (κ2) is 6.03. The molecule has 0 bridgehead atoms. The van der Waals surface area contributed by atoms with Gasteiger partial charge in [0.15, 0.2) is 0 Å². The Hall–Kier alpha value is -1.60. The molecule has 0 atom stereocenters. The van der Waals surface area contributed by atoms with Gasteiger partial charge in [0.25, 0.3) is 0 Å². The van der Waals surface area contributed by atoms with Crippen LogP contribution in [0.25, 0.3) is 0 Å². The minimum atomic E-state index is -0.435. The van der Waals surface area contributed by atoms with E-state index in [2.05, 4.69) is 11.9 Å². The van der Waals surface area contributed by atoms with Crippen molar-refractivity contribution < 1.29 is 4.39 Å². The molecule has 2 rings (SSSR count). The van der Waals surface area contributed by atoms with Crippen LogP contribution in [-0.2, 0) is 0 Å². The van der Waals surface area contributed by atoms with Crippen molar-refractivity contribution in [3.8, 4) is 6.07 Å². The topological polar surface area (TPSA) is 30.3 Å². The van der Waals surface area contributed by atoms with Crippen LogP contribution in [0, 0.1) is 23.1 Å². The van der Waals surface area contributed by atoms with Crippen LogP contribution >= 0.6 is 0 Å². The molecule has 0 aromatic heterocycles. The van der Waals surface area contributed by atoms with Gasteiger partial charge in [0.2, 0.25) is 0 Å². The summed E-state index contributed by atoms with van der Waals surface area (Å²) in [6.07, 6.45) is 2.33. The number of hydrogen-bond acceptors (Lipinski definition) is 3. The van der Waals surface area contributed by atoms with Gasteiger partial charge in [-0.25, -0.2) is 4.39 Å². The number of likely N-dealkylation sites (tertiary alicyclic amines) is 1. The molecule has 0 N–H and O–H groups in total. The maximum Gasteiger partial charge on any atom is 0.143 e. The second-order valence-electron chi connectivity index (χ2n) is 5.37. The van der Waals surface area contributed by atoms with Gasteiger partial charge in [0.1, 0.15) is 17.4 Å². The van der Waals surface area contributed by atoms with Crippen molar-refractivity contribution in [2.24, 2.45) is 5.92 Å². The highest BCUT2D eigenvalue weighted by Crippen LogP contribution is 2.24. The number of benzene rings is 1. The molecule has 3 nitrogen and oxygen atoms in total. The van der Waals surface area contributed by atoms with Gasteiger partial charge in [-0.05, 0) is 51.0 Å². The quantitative estimate of drug-likeness (QED) is 0.837. The zero-order chi connectivity index (χ0) is 13.8. The maximum absolute atomic E-state index is 13.6. The summed E-state index contributed by atoms with van der Waals surface area (Å²) in [5.74, 6) is 0.186. The molecule has 1 aliphatic rings. The van der Waals surface area contributed by atoms with Gasteiger partial charge >= 0.3 is 0 Å². The fourth-order valence-corrected chi connectivity index (χ4v) is 2.67. The number of nitrogens with zero attached hydrogens (tertiary/aromatic N) is 3. The molecule has 0 spiro atoms. The molecule has 4 heteroatoms. The number of nitriles is 1. The number of piperidine rings is 1. The van der Waals surface area contributed by atoms with Crippen LogP contribution in [0.1, 0.15) is 18.4 Å². The van der Waals surface area contributed by atoms with E-state index >= 15 is 0 Å². The predicted molar refractivity (Wildman–Crippen MR) is 74.6 cm³/mol. The molecule has 1 heterocycles. The number of anilines is 1. The fourth-order valence-electron chi connectivity index (χ4n) is 2.67. The molecule has 1 aliphatic heterocycles. The molecule has 0 amide bonds. The van der Waals surface area contributed by atoms with E-state index in [1.165, 1.54) is 6.07 Å². The van der Waals surface area contributed by atoms with Crippen molar-refractivity contribution in [1.29, 1.82) is 5.26 Å². The van der Waals surface area contributed by atoms with Crippen molar-refractivity contribution in [3.63, 3.8) is 0 Å². The third-order valence-corrected chi connectivity index (χ3v) is 3.88. The standard InChI is InChI=1S/C15H20FN3/c1-18-8-6-12(7-9-18)11-19(2)15-5-3-4-14(16)13(15)10-17/h3-5,12H,6-9,11H2,1-2H3. The molecule has 1 fully saturated rings. The molecule has 0 radical (unpaired) electrons. The van der Waals surface area contributed by atoms with E-state index in [0.717, 1.165) is 32.5 Å². The van der Waals surface area contributed by atoms with Crippen LogP contribution in [0.3, 0.4) is 0 Å². The number of halogens is 1. The molecular formula is C15H20FN3. The molecule has 0 unspecified atom stereocenters. The predicted octanol–water partition coefficient (Wildman–Crippen LogP) is 2.48. The van der Waals surface area contributed by atoms with E-state index in [1.54, 1.807) is 6.07 Å². The van der Waals surface area contributed by atoms with Gasteiger partial charge < -0.3 is 9.80 Å². The van der Waals surface area contributed by atoms with Gasteiger partial charge in [0.05, 0.1) is 5.69 Å². The first-order valence-electron chi connectivity index (χ1n) is 6.70. The summed E-state index contributed by atoms with van der Waals surface area (Å²) in [7, 11) is 4.08. The highest BCUT2D eigenvalue weighted by atomic mass is 19.1. The lowest BCUT2D eigenvalue weighted by Gasteiger charge is -2.32. The van der Waals surface area contributed by atoms with Crippen molar-refractivity contribution in [3.05, 3.63) is 29.6 Å². The van der Waals surface area contributed by atoms with Crippen LogP contribution in [-0.4, -0.2) is 38.6 Å². The van der Waals surface area contributed by atoms with Gasteiger partial charge in [-0.1, -0.05) is 6.07 Å². The van der Waals surface area contributed by atoms with Crippen LogP contribution in [0.2, 0.25) is 0 Å². The lowest BCUT2D eigenvalue weighted by atomic mass is 9.96. The fraction of sp³-hybridized carbons (Fsp3) is 0.533. The maximum atomic E-state index is 13.6. The number of rotatable bonds is 3. The Morgan fingerprint density at radius 2 is 2.11 bits per heavy atom. The average Bonchev–Trinajstić information content (AvgIpc) is 2.41. The first-order valence-corrected chi connectivity index (χ1v) is 6.70. The van der Waals surface area contributed by atoms with Crippen LogP contribution in [0.4, 0.5) is 10.1 Å². The molecule has 102 valence electrons. The molecule has 1 saturated heterocycles. The van der Waals surface area contributed by atoms with Gasteiger partial charge in [-0.2, -0.15) is 5.26 Å². The summed E-state index contributed by atoms with van der Waals surface area (Å²) in [6.45, 7) is 3.12. The smallest absolute Gasteiger partial charge is 0.143 e. The Morgan fingerprint density at radius 3 is 2.74 bits per heavy atom. The number of hydrogen-bond donors (Lipinski definition) is 0. The van der Waals surface area contributed by atoms with E-state index in [-0.39, 0.29) is 5.56 Å². The zero-order valence-corrected chi connectivity index (χ0v) is 11.6. The average molecular weight is 261 g/mol. The monoisotopic (exact) mass is 261 g/mol. The first kappa shape index (κ1) is 13.8. The summed E-state index contributed by atoms with van der Waals surface area (Å²) in [4.78, 5) is 4.34. The highest BCUT2D eigenvalue weighted by molar-refractivity contribution is 5.59. The normalized spacial score (nSPS) is 17.2. The molecule has 0 aliphatic carbocycles. The summed E-state index contributed by atoms with van der Waals surface area (Å²) in [6, 6.07) is 6.78. The van der Waals surface area contributed by atoms with E-state index in [4.69, 9.17) is 5.26 Å². The summed E-state index contributed by atoms with van der Waals surface area (Å²) in [5, 5.41) is 9.07. The van der Waals surface area contributed by atoms with Crippen LogP contribution in [0.5, 0.6) is 0 Å². The van der Waals surface area contributed by atoms with Crippen molar-refractivity contribution in [2.45, 2.75) is 12.8 Å². The summed E-state index contributed by atoms with van der Waals surface area (Å²) >= 11 is 0. The highest BCUT2D eigenvalue weighted by Gasteiger charge is 2.20. The third kappa shape index (κ3) is 3.24. The van der Waals surface area contributed by atoms with Crippen LogP contribution in [0.15, 0.2) is 18.2 Å². The molecule has 0 saturated carbocycles. The minimum absolute atomic E-state index is 0.151. The van der Waals surface area contributed by atoms with Crippen molar-refractivity contribution in [2.75, 3.05) is 38.6 Å². The molecular weight excluding hydrogens is 241 g/mol. The Balaban J connectivity index is 2.06. The molecule has 1 aromatic rings. The summed E-state index contributed by atoms with van der Waals surface area (Å²) in [5.41, 5.74) is 0.847. The SMILES string of the molecule is CN1CCC(CN(C)c2cccc(F)c2C#N)CC1. The summed E-state index contributed by atoms with van der Waals surface area (Å²) < 4.78 is 13.6. The largest absolute Gasteiger partial charge is 0.373 e. The van der Waals surface area contributed by atoms with Crippen molar-refractivity contribution in [1.82, 2.24) is 4.90 Å². The van der Waals surface area contributed by atoms with E-state index < -0.39 is 5.82 Å².